The van der Waals surface area contributed by atoms with Crippen LogP contribution in [0.5, 0.6) is 5.75 Å². The number of carbonyl (C=O) groups is 1. The van der Waals surface area contributed by atoms with Gasteiger partial charge in [0.05, 0.1) is 44.1 Å². The number of hydrogen-bond donors (Lipinski definition) is 4. The lowest BCUT2D eigenvalue weighted by Gasteiger charge is -2.21. The molecule has 256 valence electrons. The van der Waals surface area contributed by atoms with Crippen LogP contribution in [0.4, 0.5) is 11.4 Å². The van der Waals surface area contributed by atoms with Crippen LogP contribution in [-0.4, -0.2) is 26.2 Å². The van der Waals surface area contributed by atoms with Crippen LogP contribution in [0.1, 0.15) is 32.9 Å². The third-order valence-electron chi connectivity index (χ3n) is 9.32. The largest absolute Gasteiger partial charge is 0.507 e. The molecule has 0 spiro atoms. The molecule has 3 heterocycles. The summed E-state index contributed by atoms with van der Waals surface area (Å²) in [5, 5.41) is 30.8. The first-order chi connectivity index (χ1) is 25.2. The minimum absolute atomic E-state index is 0.0209. The quantitative estimate of drug-likeness (QED) is 0.114. The number of hydrogen-bond acceptors (Lipinski definition) is 8. The molecule has 0 saturated carbocycles. The number of aromatic carboxylic acids is 1. The number of aryl methyl sites for hydroxylation is 2. The third-order valence-corrected chi connectivity index (χ3v) is 9.60. The lowest BCUT2D eigenvalue weighted by Crippen LogP contribution is -2.17. The topological polar surface area (TPSA) is 138 Å². The first kappa shape index (κ1) is 32.7. The summed E-state index contributed by atoms with van der Waals surface area (Å²) in [6.07, 6.45) is 0. The van der Waals surface area contributed by atoms with Gasteiger partial charge in [-0.3, -0.25) is 14.8 Å². The van der Waals surface area contributed by atoms with E-state index in [9.17, 15) is 19.8 Å². The highest BCUT2D eigenvalue weighted by Crippen LogP contribution is 2.45. The summed E-state index contributed by atoms with van der Waals surface area (Å²) in [6, 6.07) is 30.9. The molecule has 4 N–H and O–H groups in total. The number of aromatic nitrogens is 2. The number of aromatic hydroxyl groups is 1. The molecule has 0 radical (unpaired) electrons. The number of anilines is 2. The maximum Gasteiger partial charge on any atom is 0.336 e. The number of fused-ring (bicyclic) bond motifs is 4. The Kier molecular flexibility index (Phi) is 8.20. The summed E-state index contributed by atoms with van der Waals surface area (Å²) >= 11 is 6.67. The molecule has 6 aromatic rings. The molecule has 1 aliphatic heterocycles. The van der Waals surface area contributed by atoms with Crippen LogP contribution < -0.4 is 16.1 Å². The van der Waals surface area contributed by atoms with Gasteiger partial charge in [0.25, 0.3) is 0 Å². The van der Waals surface area contributed by atoms with E-state index < -0.39 is 11.4 Å². The number of phenols is 1. The van der Waals surface area contributed by atoms with Gasteiger partial charge in [0, 0.05) is 51.8 Å². The lowest BCUT2D eigenvalue weighted by molar-refractivity contribution is 0.0697. The van der Waals surface area contributed by atoms with Crippen LogP contribution in [-0.2, 0) is 13.1 Å². The first-order valence-corrected chi connectivity index (χ1v) is 17.0. The molecule has 0 bridgehead atoms. The molecule has 0 unspecified atom stereocenters. The van der Waals surface area contributed by atoms with Crippen molar-refractivity contribution in [2.75, 3.05) is 10.6 Å². The Balaban J connectivity index is 1.35. The highest BCUT2D eigenvalue weighted by Gasteiger charge is 2.28. The van der Waals surface area contributed by atoms with Crippen LogP contribution in [0.3, 0.4) is 0 Å². The Morgan fingerprint density at radius 1 is 0.750 bits per heavy atom. The molecule has 9 nitrogen and oxygen atoms in total. The molecule has 1 aliphatic carbocycles. The van der Waals surface area contributed by atoms with Gasteiger partial charge in [0.15, 0.2) is 0 Å². The zero-order valence-corrected chi connectivity index (χ0v) is 28.9. The summed E-state index contributed by atoms with van der Waals surface area (Å²) in [5.74, 6) is -0.953. The predicted octanol–water partition coefficient (Wildman–Crippen LogP) is 9.56. The van der Waals surface area contributed by atoms with Crippen LogP contribution in [0, 0.1) is 13.8 Å². The van der Waals surface area contributed by atoms with Gasteiger partial charge in [-0.2, -0.15) is 0 Å². The zero-order chi connectivity index (χ0) is 36.1. The van der Waals surface area contributed by atoms with E-state index in [4.69, 9.17) is 26.0 Å². The number of nitrogens with one attached hydrogen (secondary N) is 2. The Labute approximate surface area is 302 Å². The van der Waals surface area contributed by atoms with E-state index in [1.165, 1.54) is 12.1 Å². The maximum absolute atomic E-state index is 13.9. The number of carboxylic acid groups (broad SMARTS) is 1. The van der Waals surface area contributed by atoms with Gasteiger partial charge < -0.3 is 25.3 Å². The lowest BCUT2D eigenvalue weighted by atomic mass is 9.88. The molecule has 0 saturated heterocycles. The standard InChI is InChI=1S/C42H31ClN4O5/c1-22-13-15-24-7-5-11-33(37(24)46-22)44-20-30-35(48)18-17-28-36(26-9-3-4-10-27(26)42(50)51)29-19-32(43)39(49)31(41(29)52-40(28)30)21-45-34-12-6-8-25-16-14-23(2)47-38(25)34/h3-19,44-45,48H,20-21H2,1-2H3,(H,50,51). The molecule has 0 amide bonds. The number of benzene rings is 5. The predicted molar refractivity (Wildman–Crippen MR) is 206 cm³/mol. The van der Waals surface area contributed by atoms with Crippen molar-refractivity contribution in [2.24, 2.45) is 0 Å². The van der Waals surface area contributed by atoms with Gasteiger partial charge in [0.2, 0.25) is 5.43 Å². The highest BCUT2D eigenvalue weighted by atomic mass is 35.5. The van der Waals surface area contributed by atoms with Crippen molar-refractivity contribution >= 4 is 61.7 Å². The van der Waals surface area contributed by atoms with Crippen molar-refractivity contribution in [2.45, 2.75) is 26.9 Å². The molecule has 52 heavy (non-hydrogen) atoms. The second kappa shape index (κ2) is 13.0. The van der Waals surface area contributed by atoms with E-state index in [1.807, 2.05) is 74.5 Å². The normalized spacial score (nSPS) is 11.4. The van der Waals surface area contributed by atoms with Gasteiger partial charge in [-0.1, -0.05) is 66.2 Å². The highest BCUT2D eigenvalue weighted by molar-refractivity contribution is 6.31. The molecule has 10 heteroatoms. The average molecular weight is 707 g/mol. The number of phenolic OH excluding ortho intramolecular Hbond substituents is 1. The maximum atomic E-state index is 13.9. The number of carboxylic acids is 1. The van der Waals surface area contributed by atoms with E-state index in [-0.39, 0.29) is 46.3 Å². The third kappa shape index (κ3) is 5.71. The summed E-state index contributed by atoms with van der Waals surface area (Å²) in [5.41, 5.74) is 6.60. The van der Waals surface area contributed by atoms with E-state index in [0.717, 1.165) is 38.9 Å². The molecule has 2 aliphatic rings. The fourth-order valence-electron chi connectivity index (χ4n) is 6.80. The minimum Gasteiger partial charge on any atom is -0.507 e. The fourth-order valence-corrected chi connectivity index (χ4v) is 7.02. The second-order valence-electron chi connectivity index (χ2n) is 12.7. The monoisotopic (exact) mass is 706 g/mol. The molecule has 4 aromatic carbocycles. The summed E-state index contributed by atoms with van der Waals surface area (Å²) in [4.78, 5) is 35.9. The molecule has 2 aromatic heterocycles. The smallest absolute Gasteiger partial charge is 0.336 e. The van der Waals surface area contributed by atoms with Crippen LogP contribution in [0.15, 0.2) is 112 Å². The van der Waals surface area contributed by atoms with E-state index in [1.54, 1.807) is 30.3 Å². The van der Waals surface area contributed by atoms with Crippen LogP contribution in [0.2, 0.25) is 5.02 Å². The van der Waals surface area contributed by atoms with Crippen molar-refractivity contribution in [3.63, 3.8) is 0 Å². The Hall–Kier alpha value is -6.45. The van der Waals surface area contributed by atoms with Gasteiger partial charge >= 0.3 is 5.97 Å². The molecule has 0 atom stereocenters. The summed E-state index contributed by atoms with van der Waals surface area (Å²) in [7, 11) is 0. The van der Waals surface area contributed by atoms with E-state index in [0.29, 0.717) is 33.3 Å². The fraction of sp³-hybridized carbons (Fsp3) is 0.0952. The SMILES string of the molecule is Cc1ccc2cccc(NCc3c4oc5c(CNc6cccc7ccc(C)nc67)c(O)ccc5c(-c5ccccc5C(=O)O)c-4cc(Cl)c3=O)c2n1. The summed E-state index contributed by atoms with van der Waals surface area (Å²) < 4.78 is 6.70. The Morgan fingerprint density at radius 3 is 2.00 bits per heavy atom. The number of pyridine rings is 2. The summed E-state index contributed by atoms with van der Waals surface area (Å²) in [6.45, 7) is 3.98. The molecular weight excluding hydrogens is 676 g/mol. The zero-order valence-electron chi connectivity index (χ0n) is 28.1. The van der Waals surface area contributed by atoms with E-state index in [2.05, 4.69) is 10.6 Å². The van der Waals surface area contributed by atoms with Gasteiger partial charge in [-0.15, -0.1) is 0 Å². The van der Waals surface area contributed by atoms with Crippen molar-refractivity contribution in [1.82, 2.24) is 9.97 Å². The number of nitrogens with zero attached hydrogens (tertiary/aromatic N) is 2. The van der Waals surface area contributed by atoms with Crippen molar-refractivity contribution < 1.29 is 19.4 Å². The van der Waals surface area contributed by atoms with Crippen LogP contribution in [0.25, 0.3) is 55.2 Å². The molecule has 8 rings (SSSR count). The van der Waals surface area contributed by atoms with Gasteiger partial charge in [0.1, 0.15) is 17.1 Å². The van der Waals surface area contributed by atoms with Crippen LogP contribution >= 0.6 is 11.6 Å². The van der Waals surface area contributed by atoms with Gasteiger partial charge in [-0.25, -0.2) is 4.79 Å². The molecular formula is C42H31ClN4O5. The van der Waals surface area contributed by atoms with E-state index >= 15 is 0 Å². The van der Waals surface area contributed by atoms with Crippen molar-refractivity contribution in [3.05, 3.63) is 146 Å². The van der Waals surface area contributed by atoms with Crippen molar-refractivity contribution in [1.29, 1.82) is 0 Å². The number of rotatable bonds is 8. The minimum atomic E-state index is -1.12. The van der Waals surface area contributed by atoms with Gasteiger partial charge in [-0.05, 0) is 67.9 Å². The Morgan fingerprint density at radius 2 is 1.37 bits per heavy atom. The number of halogens is 1. The first-order valence-electron chi connectivity index (χ1n) is 16.6. The van der Waals surface area contributed by atoms with Crippen molar-refractivity contribution in [3.8, 4) is 28.2 Å². The average Bonchev–Trinajstić information content (AvgIpc) is 3.14. The number of para-hydroxylation sites is 2. The second-order valence-corrected chi connectivity index (χ2v) is 13.1. The molecule has 0 fully saturated rings. The Bertz CT molecular complexity index is 2760.